The molecule has 0 saturated carbocycles. The van der Waals surface area contributed by atoms with Crippen LogP contribution < -0.4 is 24.0 Å². The molecule has 0 amide bonds. The Kier molecular flexibility index (Phi) is 13.6. The molecule has 0 bridgehead atoms. The smallest absolute Gasteiger partial charge is 0.122 e. The van der Waals surface area contributed by atoms with Crippen LogP contribution in [0.25, 0.3) is 11.0 Å². The summed E-state index contributed by atoms with van der Waals surface area (Å²) in [7, 11) is 1.71. The van der Waals surface area contributed by atoms with Gasteiger partial charge in [-0.1, -0.05) is 23.7 Å². The van der Waals surface area contributed by atoms with E-state index in [9.17, 15) is 0 Å². The topological polar surface area (TPSA) is 75.2 Å². The average molecular weight is 765 g/mol. The van der Waals surface area contributed by atoms with Gasteiger partial charge in [-0.05, 0) is 99.4 Å². The number of benzene rings is 2. The molecule has 12 heteroatoms. The summed E-state index contributed by atoms with van der Waals surface area (Å²) in [6, 6.07) is 28.4. The molecular weight excluding hydrogens is 712 g/mol. The average Bonchev–Trinajstić information content (AvgIpc) is 3.91. The lowest BCUT2D eigenvalue weighted by molar-refractivity contribution is 0.238. The van der Waals surface area contributed by atoms with Crippen LogP contribution in [0.2, 0.25) is 5.02 Å². The van der Waals surface area contributed by atoms with Crippen molar-refractivity contribution in [3.8, 4) is 17.2 Å². The van der Waals surface area contributed by atoms with Crippen molar-refractivity contribution in [3.05, 3.63) is 115 Å². The molecule has 0 spiro atoms. The maximum Gasteiger partial charge on any atom is 0.122 e. The highest BCUT2D eigenvalue weighted by atomic mass is 35.5. The zero-order valence-corrected chi connectivity index (χ0v) is 32.6. The van der Waals surface area contributed by atoms with Crippen LogP contribution in [-0.4, -0.2) is 115 Å². The maximum absolute atomic E-state index is 6.31. The van der Waals surface area contributed by atoms with Crippen molar-refractivity contribution in [2.45, 2.75) is 25.7 Å². The molecule has 2 aliphatic rings. The van der Waals surface area contributed by atoms with Crippen LogP contribution in [-0.2, 0) is 0 Å². The Bertz CT molecular complexity index is 2040. The van der Waals surface area contributed by atoms with E-state index in [1.807, 2.05) is 82.1 Å². The predicted octanol–water partition coefficient (Wildman–Crippen LogP) is 7.29. The van der Waals surface area contributed by atoms with E-state index >= 15 is 0 Å². The van der Waals surface area contributed by atoms with Gasteiger partial charge in [-0.3, -0.25) is 9.80 Å². The van der Waals surface area contributed by atoms with Crippen molar-refractivity contribution in [1.82, 2.24) is 29.0 Å². The number of rotatable bonds is 15. The first-order valence-electron chi connectivity index (χ1n) is 19.6. The fourth-order valence-electron chi connectivity index (χ4n) is 7.18. The van der Waals surface area contributed by atoms with E-state index in [2.05, 4.69) is 54.1 Å². The minimum atomic E-state index is 0.754. The molecule has 0 aliphatic carbocycles. The fraction of sp³-hybridized carbons (Fsp3) is 0.395. The molecule has 0 unspecified atom stereocenters. The molecule has 0 atom stereocenters. The lowest BCUT2D eigenvalue weighted by Gasteiger charge is -2.36. The Balaban J connectivity index is 0.000000169. The lowest BCUT2D eigenvalue weighted by Crippen LogP contribution is -2.46. The second-order valence-electron chi connectivity index (χ2n) is 14.0. The summed E-state index contributed by atoms with van der Waals surface area (Å²) >= 11 is 6.31. The van der Waals surface area contributed by atoms with Crippen LogP contribution in [0.3, 0.4) is 0 Å². The van der Waals surface area contributed by atoms with Gasteiger partial charge < -0.3 is 24.0 Å². The monoisotopic (exact) mass is 764 g/mol. The molecule has 8 rings (SSSR count). The number of para-hydroxylation sites is 1. The van der Waals surface area contributed by atoms with E-state index in [-0.39, 0.29) is 0 Å². The summed E-state index contributed by atoms with van der Waals surface area (Å²) in [5, 5.41) is 9.24. The van der Waals surface area contributed by atoms with Gasteiger partial charge in [0.1, 0.15) is 17.2 Å². The van der Waals surface area contributed by atoms with Crippen LogP contribution in [0, 0.1) is 0 Å². The van der Waals surface area contributed by atoms with E-state index in [0.29, 0.717) is 0 Å². The van der Waals surface area contributed by atoms with E-state index in [0.717, 1.165) is 143 Å². The van der Waals surface area contributed by atoms with Crippen LogP contribution >= 0.6 is 11.6 Å². The number of hydrogen-bond donors (Lipinski definition) is 0. The quantitative estimate of drug-likeness (QED) is 0.100. The number of unbranched alkanes of at least 4 members (excludes halogenated alkanes) is 2. The Hall–Kier alpha value is -4.97. The molecule has 2 saturated heterocycles. The number of hydrogen-bond acceptors (Lipinski definition) is 9. The van der Waals surface area contributed by atoms with E-state index in [1.165, 1.54) is 5.69 Å². The molecule has 4 aromatic heterocycles. The molecule has 55 heavy (non-hydrogen) atoms. The molecule has 6 heterocycles. The summed E-state index contributed by atoms with van der Waals surface area (Å²) < 4.78 is 20.7. The largest absolute Gasteiger partial charge is 0.497 e. The highest BCUT2D eigenvalue weighted by molar-refractivity contribution is 6.33. The third-order valence-electron chi connectivity index (χ3n) is 10.4. The molecule has 6 aromatic rings. The van der Waals surface area contributed by atoms with E-state index < -0.39 is 0 Å². The number of halogens is 1. The number of methoxy groups -OCH3 is 1. The molecule has 0 N–H and O–H groups in total. The number of piperazine rings is 2. The summed E-state index contributed by atoms with van der Waals surface area (Å²) in [6.07, 6.45) is 11.9. The molecule has 0 radical (unpaired) electrons. The van der Waals surface area contributed by atoms with Gasteiger partial charge >= 0.3 is 0 Å². The summed E-state index contributed by atoms with van der Waals surface area (Å²) in [5.74, 6) is 2.74. The van der Waals surface area contributed by atoms with Crippen molar-refractivity contribution >= 4 is 34.0 Å². The SMILES string of the molecule is COc1ccc(N2CCN(CCCCOc3ccn4nccc4c3)CC2)cc1.Clc1ccccc1N1CCN(CCCCOc2ccn3nccc3c2)CC1. The zero-order chi connectivity index (χ0) is 37.7. The predicted molar refractivity (Wildman–Crippen MR) is 222 cm³/mol. The minimum Gasteiger partial charge on any atom is -0.497 e. The van der Waals surface area contributed by atoms with Gasteiger partial charge in [0, 0.05) is 95.0 Å². The highest BCUT2D eigenvalue weighted by Gasteiger charge is 2.19. The van der Waals surface area contributed by atoms with Gasteiger partial charge in [0.2, 0.25) is 0 Å². The molecule has 2 aromatic carbocycles. The maximum atomic E-state index is 6.31. The molecule has 290 valence electrons. The van der Waals surface area contributed by atoms with Gasteiger partial charge in [0.25, 0.3) is 0 Å². The molecule has 2 aliphatic heterocycles. The Labute approximate surface area is 329 Å². The van der Waals surface area contributed by atoms with Crippen LogP contribution in [0.5, 0.6) is 17.2 Å². The highest BCUT2D eigenvalue weighted by Crippen LogP contribution is 2.26. The van der Waals surface area contributed by atoms with Crippen LogP contribution in [0.15, 0.2) is 110 Å². The Morgan fingerprint density at radius 1 is 0.564 bits per heavy atom. The van der Waals surface area contributed by atoms with Gasteiger partial charge in [-0.25, -0.2) is 9.03 Å². The van der Waals surface area contributed by atoms with Crippen molar-refractivity contribution in [1.29, 1.82) is 0 Å². The standard InChI is InChI=1S/C22H28N4O2.C21H25ClN4O/c1-27-21-6-4-19(5-7-21)25-15-13-24(14-16-25)11-2-3-17-28-22-9-12-26-20(18-22)8-10-23-26;22-20-5-1-2-6-21(20)25-14-12-24(13-15-25)10-3-4-16-27-19-8-11-26-18(17-19)7-9-23-26/h4-10,12,18H,2-3,11,13-17H2,1H3;1-2,5-9,11,17H,3-4,10,12-16H2. The summed E-state index contributed by atoms with van der Waals surface area (Å²) in [4.78, 5) is 9.92. The van der Waals surface area contributed by atoms with Crippen molar-refractivity contribution in [3.63, 3.8) is 0 Å². The molecule has 2 fully saturated rings. The molecule has 11 nitrogen and oxygen atoms in total. The number of nitrogens with zero attached hydrogens (tertiary/aromatic N) is 8. The van der Waals surface area contributed by atoms with Crippen molar-refractivity contribution < 1.29 is 14.2 Å². The van der Waals surface area contributed by atoms with Gasteiger partial charge in [0.05, 0.1) is 42.1 Å². The Morgan fingerprint density at radius 3 is 1.62 bits per heavy atom. The number of ether oxygens (including phenoxy) is 3. The second-order valence-corrected chi connectivity index (χ2v) is 14.5. The van der Waals surface area contributed by atoms with Gasteiger partial charge in [-0.2, -0.15) is 10.2 Å². The number of fused-ring (bicyclic) bond motifs is 2. The zero-order valence-electron chi connectivity index (χ0n) is 31.9. The number of pyridine rings is 2. The fourth-order valence-corrected chi connectivity index (χ4v) is 7.44. The summed E-state index contributed by atoms with van der Waals surface area (Å²) in [5.41, 5.74) is 4.56. The number of aromatic nitrogens is 4. The van der Waals surface area contributed by atoms with E-state index in [1.54, 1.807) is 19.5 Å². The first-order chi connectivity index (χ1) is 27.1. The lowest BCUT2D eigenvalue weighted by atomic mass is 10.2. The Morgan fingerprint density at radius 2 is 1.09 bits per heavy atom. The van der Waals surface area contributed by atoms with Gasteiger partial charge in [0.15, 0.2) is 0 Å². The third-order valence-corrected chi connectivity index (χ3v) is 10.7. The van der Waals surface area contributed by atoms with Crippen LogP contribution in [0.1, 0.15) is 25.7 Å². The third kappa shape index (κ3) is 10.8. The minimum absolute atomic E-state index is 0.754. The van der Waals surface area contributed by atoms with E-state index in [4.69, 9.17) is 25.8 Å². The first kappa shape index (κ1) is 38.3. The normalized spacial score (nSPS) is 15.2. The molecular formula is C43H53ClN8O3. The number of anilines is 2. The van der Waals surface area contributed by atoms with Gasteiger partial charge in [-0.15, -0.1) is 0 Å². The van der Waals surface area contributed by atoms with Crippen molar-refractivity contribution in [2.75, 3.05) is 95.6 Å². The second kappa shape index (κ2) is 19.6. The van der Waals surface area contributed by atoms with Crippen LogP contribution in [0.4, 0.5) is 11.4 Å². The first-order valence-corrected chi connectivity index (χ1v) is 19.9. The van der Waals surface area contributed by atoms with Crippen molar-refractivity contribution in [2.24, 2.45) is 0 Å². The summed E-state index contributed by atoms with van der Waals surface area (Å²) in [6.45, 7) is 12.4.